The summed E-state index contributed by atoms with van der Waals surface area (Å²) in [5.74, 6) is 1.65. The summed E-state index contributed by atoms with van der Waals surface area (Å²) >= 11 is 0. The largest absolute Gasteiger partial charge is 0.342 e. The SMILES string of the molecule is CCCCCC(=O)N1CC2CCC(N)C2C1. The van der Waals surface area contributed by atoms with Crippen LogP contribution in [-0.4, -0.2) is 29.9 Å². The van der Waals surface area contributed by atoms with Gasteiger partial charge in [0.25, 0.3) is 0 Å². The Hall–Kier alpha value is -0.570. The first-order valence-corrected chi connectivity index (χ1v) is 6.75. The smallest absolute Gasteiger partial charge is 0.222 e. The summed E-state index contributed by atoms with van der Waals surface area (Å²) in [7, 11) is 0. The Labute approximate surface area is 98.4 Å². The second-order valence-electron chi connectivity index (χ2n) is 5.42. The van der Waals surface area contributed by atoms with Gasteiger partial charge in [0.2, 0.25) is 5.91 Å². The summed E-state index contributed by atoms with van der Waals surface area (Å²) in [5.41, 5.74) is 6.07. The fourth-order valence-corrected chi connectivity index (χ4v) is 3.20. The molecular formula is C13H24N2O. The number of hydrogen-bond donors (Lipinski definition) is 1. The molecule has 0 spiro atoms. The maximum Gasteiger partial charge on any atom is 0.222 e. The highest BCUT2D eigenvalue weighted by atomic mass is 16.2. The van der Waals surface area contributed by atoms with E-state index >= 15 is 0 Å². The Morgan fingerprint density at radius 1 is 1.31 bits per heavy atom. The van der Waals surface area contributed by atoms with E-state index in [0.717, 1.165) is 32.4 Å². The van der Waals surface area contributed by atoms with Gasteiger partial charge in [-0.1, -0.05) is 19.8 Å². The minimum Gasteiger partial charge on any atom is -0.342 e. The molecule has 1 amide bonds. The molecule has 0 aromatic rings. The Morgan fingerprint density at radius 2 is 2.12 bits per heavy atom. The van der Waals surface area contributed by atoms with Gasteiger partial charge < -0.3 is 10.6 Å². The van der Waals surface area contributed by atoms with Gasteiger partial charge in [-0.05, 0) is 31.1 Å². The van der Waals surface area contributed by atoms with Gasteiger partial charge in [0.15, 0.2) is 0 Å². The zero-order valence-corrected chi connectivity index (χ0v) is 10.3. The van der Waals surface area contributed by atoms with E-state index in [1.54, 1.807) is 0 Å². The molecule has 0 aromatic heterocycles. The standard InChI is InChI=1S/C13H24N2O/c1-2-3-4-5-13(16)15-8-10-6-7-12(14)11(10)9-15/h10-12H,2-9,14H2,1H3. The molecule has 2 rings (SSSR count). The second kappa shape index (κ2) is 5.17. The van der Waals surface area contributed by atoms with Crippen molar-refractivity contribution in [3.8, 4) is 0 Å². The van der Waals surface area contributed by atoms with Crippen LogP contribution in [0.15, 0.2) is 0 Å². The number of nitrogens with two attached hydrogens (primary N) is 1. The molecule has 92 valence electrons. The van der Waals surface area contributed by atoms with Gasteiger partial charge in [-0.3, -0.25) is 4.79 Å². The molecule has 16 heavy (non-hydrogen) atoms. The average Bonchev–Trinajstić information content (AvgIpc) is 2.82. The topological polar surface area (TPSA) is 46.3 Å². The first kappa shape index (κ1) is 11.9. The summed E-state index contributed by atoms with van der Waals surface area (Å²) in [4.78, 5) is 14.0. The number of nitrogens with zero attached hydrogens (tertiary/aromatic N) is 1. The van der Waals surface area contributed by atoms with Crippen LogP contribution in [0.4, 0.5) is 0 Å². The monoisotopic (exact) mass is 224 g/mol. The molecule has 3 nitrogen and oxygen atoms in total. The number of fused-ring (bicyclic) bond motifs is 1. The van der Waals surface area contributed by atoms with E-state index in [-0.39, 0.29) is 0 Å². The maximum absolute atomic E-state index is 11.9. The van der Waals surface area contributed by atoms with Crippen molar-refractivity contribution in [2.24, 2.45) is 17.6 Å². The molecule has 0 aromatic carbocycles. The molecule has 3 unspecified atom stereocenters. The molecule has 1 saturated carbocycles. The van der Waals surface area contributed by atoms with E-state index in [1.807, 2.05) is 0 Å². The van der Waals surface area contributed by atoms with Crippen LogP contribution in [0, 0.1) is 11.8 Å². The van der Waals surface area contributed by atoms with E-state index in [2.05, 4.69) is 11.8 Å². The Morgan fingerprint density at radius 3 is 2.81 bits per heavy atom. The first-order valence-electron chi connectivity index (χ1n) is 6.75. The molecule has 2 fully saturated rings. The number of likely N-dealkylation sites (tertiary alicyclic amines) is 1. The molecule has 0 bridgehead atoms. The lowest BCUT2D eigenvalue weighted by Gasteiger charge is -2.18. The summed E-state index contributed by atoms with van der Waals surface area (Å²) in [6, 6.07) is 0.346. The second-order valence-corrected chi connectivity index (χ2v) is 5.42. The van der Waals surface area contributed by atoms with Crippen molar-refractivity contribution in [3.05, 3.63) is 0 Å². The Balaban J connectivity index is 1.78. The molecule has 3 heteroatoms. The van der Waals surface area contributed by atoms with Gasteiger partial charge in [0, 0.05) is 25.6 Å². The van der Waals surface area contributed by atoms with E-state index in [4.69, 9.17) is 5.73 Å². The van der Waals surface area contributed by atoms with Crippen LogP contribution in [-0.2, 0) is 4.79 Å². The maximum atomic E-state index is 11.9. The highest BCUT2D eigenvalue weighted by Gasteiger charge is 2.42. The highest BCUT2D eigenvalue weighted by Crippen LogP contribution is 2.37. The van der Waals surface area contributed by atoms with Crippen molar-refractivity contribution in [3.63, 3.8) is 0 Å². The van der Waals surface area contributed by atoms with Crippen LogP contribution in [0.2, 0.25) is 0 Å². The first-order chi connectivity index (χ1) is 7.72. The fraction of sp³-hybridized carbons (Fsp3) is 0.923. The zero-order chi connectivity index (χ0) is 11.5. The quantitative estimate of drug-likeness (QED) is 0.740. The summed E-state index contributed by atoms with van der Waals surface area (Å²) in [5, 5.41) is 0. The molecule has 2 N–H and O–H groups in total. The fourth-order valence-electron chi connectivity index (χ4n) is 3.20. The minimum atomic E-state index is 0.346. The molecule has 1 aliphatic carbocycles. The summed E-state index contributed by atoms with van der Waals surface area (Å²) in [6.45, 7) is 4.07. The zero-order valence-electron chi connectivity index (χ0n) is 10.3. The third-order valence-electron chi connectivity index (χ3n) is 4.26. The normalized spacial score (nSPS) is 33.1. The highest BCUT2D eigenvalue weighted by molar-refractivity contribution is 5.76. The van der Waals surface area contributed by atoms with Gasteiger partial charge in [-0.2, -0.15) is 0 Å². The van der Waals surface area contributed by atoms with E-state index in [0.29, 0.717) is 23.8 Å². The number of unbranched alkanes of at least 4 members (excludes halogenated alkanes) is 2. The van der Waals surface area contributed by atoms with Crippen LogP contribution >= 0.6 is 0 Å². The van der Waals surface area contributed by atoms with Crippen LogP contribution in [0.5, 0.6) is 0 Å². The number of carbonyl (C=O) groups is 1. The summed E-state index contributed by atoms with van der Waals surface area (Å²) in [6.07, 6.45) is 6.53. The molecule has 1 aliphatic heterocycles. The molecule has 2 aliphatic rings. The predicted octanol–water partition coefficient (Wildman–Crippen LogP) is 1.76. The van der Waals surface area contributed by atoms with E-state index in [9.17, 15) is 4.79 Å². The molecule has 0 radical (unpaired) electrons. The predicted molar refractivity (Wildman–Crippen MR) is 64.9 cm³/mol. The van der Waals surface area contributed by atoms with Crippen LogP contribution in [0.1, 0.15) is 45.4 Å². The molecule has 1 saturated heterocycles. The lowest BCUT2D eigenvalue weighted by Crippen LogP contribution is -2.33. The summed E-state index contributed by atoms with van der Waals surface area (Å²) < 4.78 is 0. The van der Waals surface area contributed by atoms with Crippen molar-refractivity contribution in [1.29, 1.82) is 0 Å². The minimum absolute atomic E-state index is 0.346. The van der Waals surface area contributed by atoms with Gasteiger partial charge >= 0.3 is 0 Å². The van der Waals surface area contributed by atoms with E-state index < -0.39 is 0 Å². The number of rotatable bonds is 4. The number of amides is 1. The number of hydrogen-bond acceptors (Lipinski definition) is 2. The van der Waals surface area contributed by atoms with Crippen molar-refractivity contribution in [2.45, 2.75) is 51.5 Å². The lowest BCUT2D eigenvalue weighted by molar-refractivity contribution is -0.130. The Bertz CT molecular complexity index is 254. The van der Waals surface area contributed by atoms with Crippen molar-refractivity contribution in [2.75, 3.05) is 13.1 Å². The average molecular weight is 224 g/mol. The van der Waals surface area contributed by atoms with Crippen LogP contribution < -0.4 is 5.73 Å². The Kier molecular flexibility index (Phi) is 3.85. The van der Waals surface area contributed by atoms with Crippen LogP contribution in [0.25, 0.3) is 0 Å². The third-order valence-corrected chi connectivity index (χ3v) is 4.26. The van der Waals surface area contributed by atoms with Gasteiger partial charge in [0.1, 0.15) is 0 Å². The third kappa shape index (κ3) is 2.40. The van der Waals surface area contributed by atoms with E-state index in [1.165, 1.54) is 19.3 Å². The number of carbonyl (C=O) groups excluding carboxylic acids is 1. The van der Waals surface area contributed by atoms with Crippen molar-refractivity contribution in [1.82, 2.24) is 4.90 Å². The van der Waals surface area contributed by atoms with Crippen molar-refractivity contribution < 1.29 is 4.79 Å². The van der Waals surface area contributed by atoms with Gasteiger partial charge in [-0.15, -0.1) is 0 Å². The lowest BCUT2D eigenvalue weighted by atomic mass is 9.98. The molecule has 1 heterocycles. The van der Waals surface area contributed by atoms with Crippen LogP contribution in [0.3, 0.4) is 0 Å². The molecule has 3 atom stereocenters. The van der Waals surface area contributed by atoms with Gasteiger partial charge in [-0.25, -0.2) is 0 Å². The van der Waals surface area contributed by atoms with Crippen molar-refractivity contribution >= 4 is 5.91 Å². The van der Waals surface area contributed by atoms with Gasteiger partial charge in [0.05, 0.1) is 0 Å². The molecular weight excluding hydrogens is 200 g/mol.